The van der Waals surface area contributed by atoms with Gasteiger partial charge in [0.25, 0.3) is 0 Å². The summed E-state index contributed by atoms with van der Waals surface area (Å²) >= 11 is 0. The van der Waals surface area contributed by atoms with Crippen molar-refractivity contribution in [1.82, 2.24) is 19.8 Å². The van der Waals surface area contributed by atoms with Crippen LogP contribution in [0, 0.1) is 0 Å². The molecule has 32 heavy (non-hydrogen) atoms. The number of halogens is 3. The van der Waals surface area contributed by atoms with Gasteiger partial charge in [-0.25, -0.2) is 4.98 Å². The van der Waals surface area contributed by atoms with Gasteiger partial charge in [0.2, 0.25) is 5.95 Å². The maximum absolute atomic E-state index is 12.6. The fourth-order valence-corrected chi connectivity index (χ4v) is 3.34. The maximum Gasteiger partial charge on any atom is 0.573 e. The third kappa shape index (κ3) is 7.83. The number of hydrogen-bond acceptors (Lipinski definition) is 7. The Morgan fingerprint density at radius 1 is 1.03 bits per heavy atom. The van der Waals surface area contributed by atoms with Gasteiger partial charge in [-0.3, -0.25) is 4.90 Å². The van der Waals surface area contributed by atoms with Crippen molar-refractivity contribution in [1.29, 1.82) is 0 Å². The number of piperazine rings is 1. The Morgan fingerprint density at radius 2 is 1.75 bits per heavy atom. The molecule has 2 aromatic rings. The van der Waals surface area contributed by atoms with Crippen molar-refractivity contribution in [2.75, 3.05) is 56.9 Å². The van der Waals surface area contributed by atoms with E-state index in [2.05, 4.69) is 42.2 Å². The molecule has 1 saturated heterocycles. The monoisotopic (exact) mass is 452 g/mol. The first-order valence-corrected chi connectivity index (χ1v) is 10.7. The van der Waals surface area contributed by atoms with E-state index in [9.17, 15) is 13.2 Å². The number of benzene rings is 1. The maximum atomic E-state index is 12.6. The molecular weight excluding hydrogens is 421 g/mol. The van der Waals surface area contributed by atoms with Crippen molar-refractivity contribution in [3.8, 4) is 17.0 Å². The van der Waals surface area contributed by atoms with Crippen molar-refractivity contribution >= 4 is 11.8 Å². The van der Waals surface area contributed by atoms with Gasteiger partial charge < -0.3 is 20.3 Å². The minimum Gasteiger partial charge on any atom is -0.406 e. The summed E-state index contributed by atoms with van der Waals surface area (Å²) < 4.78 is 41.9. The van der Waals surface area contributed by atoms with Crippen molar-refractivity contribution in [2.45, 2.75) is 32.7 Å². The van der Waals surface area contributed by atoms with Gasteiger partial charge >= 0.3 is 6.36 Å². The van der Waals surface area contributed by atoms with Crippen molar-refractivity contribution < 1.29 is 17.9 Å². The normalized spacial score (nSPS) is 16.1. The second-order valence-corrected chi connectivity index (χ2v) is 8.98. The molecule has 1 aliphatic heterocycles. The standard InChI is InChI=1S/C22H31F3N6O/c1-21(2,3)29-20-27-18(16-6-5-7-17(14-16)32-22(23,24)25)15-19(28-20)26-8-9-31-12-10-30(4)11-13-31/h5-7,14-15H,8-13H2,1-4H3,(H2,26,27,28,29). The average molecular weight is 453 g/mol. The predicted molar refractivity (Wildman–Crippen MR) is 120 cm³/mol. The number of nitrogens with one attached hydrogen (secondary N) is 2. The molecular formula is C22H31F3N6O. The molecule has 1 aromatic heterocycles. The van der Waals surface area contributed by atoms with Crippen LogP contribution in [0.4, 0.5) is 24.9 Å². The van der Waals surface area contributed by atoms with Crippen LogP contribution in [-0.4, -0.2) is 78.0 Å². The third-order valence-corrected chi connectivity index (χ3v) is 4.91. The highest BCUT2D eigenvalue weighted by Gasteiger charge is 2.31. The molecule has 1 aromatic carbocycles. The van der Waals surface area contributed by atoms with Crippen LogP contribution < -0.4 is 15.4 Å². The Balaban J connectivity index is 1.78. The molecule has 0 radical (unpaired) electrons. The van der Waals surface area contributed by atoms with E-state index < -0.39 is 6.36 Å². The molecule has 7 nitrogen and oxygen atoms in total. The molecule has 0 spiro atoms. The lowest BCUT2D eigenvalue weighted by atomic mass is 10.1. The number of likely N-dealkylation sites (N-methyl/N-ethyl adjacent to an activating group) is 1. The molecule has 0 amide bonds. The number of rotatable bonds is 7. The van der Waals surface area contributed by atoms with E-state index in [0.717, 1.165) is 32.7 Å². The minimum atomic E-state index is -4.75. The highest BCUT2D eigenvalue weighted by molar-refractivity contribution is 5.66. The number of hydrogen-bond donors (Lipinski definition) is 2. The SMILES string of the molecule is CN1CCN(CCNc2cc(-c3cccc(OC(F)(F)F)c3)nc(NC(C)(C)C)n2)CC1. The van der Waals surface area contributed by atoms with E-state index in [1.807, 2.05) is 20.8 Å². The van der Waals surface area contributed by atoms with Crippen molar-refractivity contribution in [3.63, 3.8) is 0 Å². The molecule has 2 N–H and O–H groups in total. The van der Waals surface area contributed by atoms with E-state index in [-0.39, 0.29) is 11.3 Å². The van der Waals surface area contributed by atoms with Gasteiger partial charge in [0.15, 0.2) is 0 Å². The largest absolute Gasteiger partial charge is 0.573 e. The number of nitrogens with zero attached hydrogens (tertiary/aromatic N) is 4. The molecule has 0 unspecified atom stereocenters. The van der Waals surface area contributed by atoms with E-state index >= 15 is 0 Å². The highest BCUT2D eigenvalue weighted by atomic mass is 19.4. The van der Waals surface area contributed by atoms with Gasteiger partial charge in [-0.05, 0) is 40.0 Å². The Morgan fingerprint density at radius 3 is 2.41 bits per heavy atom. The molecule has 176 valence electrons. The fourth-order valence-electron chi connectivity index (χ4n) is 3.34. The Hall–Kier alpha value is -2.59. The quantitative estimate of drug-likeness (QED) is 0.660. The minimum absolute atomic E-state index is 0.281. The fraction of sp³-hybridized carbons (Fsp3) is 0.545. The first-order chi connectivity index (χ1) is 15.0. The summed E-state index contributed by atoms with van der Waals surface area (Å²) in [6.45, 7) is 11.7. The van der Waals surface area contributed by atoms with E-state index in [1.165, 1.54) is 18.2 Å². The number of ether oxygens (including phenoxy) is 1. The van der Waals surface area contributed by atoms with Crippen LogP contribution >= 0.6 is 0 Å². The summed E-state index contributed by atoms with van der Waals surface area (Å²) in [4.78, 5) is 13.8. The molecule has 0 aliphatic carbocycles. The van der Waals surface area contributed by atoms with E-state index in [0.29, 0.717) is 29.6 Å². The number of anilines is 2. The topological polar surface area (TPSA) is 65.5 Å². The summed E-state index contributed by atoms with van der Waals surface area (Å²) in [6.07, 6.45) is -4.75. The molecule has 1 aliphatic rings. The van der Waals surface area contributed by atoms with Gasteiger partial charge in [-0.15, -0.1) is 13.2 Å². The summed E-state index contributed by atoms with van der Waals surface area (Å²) in [6, 6.07) is 7.53. The predicted octanol–water partition coefficient (Wildman–Crippen LogP) is 3.91. The van der Waals surface area contributed by atoms with Crippen LogP contribution in [0.15, 0.2) is 30.3 Å². The Kier molecular flexibility index (Phi) is 7.45. The zero-order valence-corrected chi connectivity index (χ0v) is 19.0. The summed E-state index contributed by atoms with van der Waals surface area (Å²) in [7, 11) is 2.12. The van der Waals surface area contributed by atoms with E-state index in [4.69, 9.17) is 0 Å². The smallest absolute Gasteiger partial charge is 0.406 e. The molecule has 2 heterocycles. The highest BCUT2D eigenvalue weighted by Crippen LogP contribution is 2.29. The zero-order chi connectivity index (χ0) is 23.4. The van der Waals surface area contributed by atoms with Gasteiger partial charge in [-0.1, -0.05) is 12.1 Å². The summed E-state index contributed by atoms with van der Waals surface area (Å²) in [5.41, 5.74) is 0.728. The molecule has 1 fully saturated rings. The van der Waals surface area contributed by atoms with Crippen LogP contribution in [0.25, 0.3) is 11.3 Å². The van der Waals surface area contributed by atoms with Crippen LogP contribution in [0.1, 0.15) is 20.8 Å². The molecule has 0 atom stereocenters. The van der Waals surface area contributed by atoms with Crippen molar-refractivity contribution in [2.24, 2.45) is 0 Å². The van der Waals surface area contributed by atoms with Crippen LogP contribution in [-0.2, 0) is 0 Å². The lowest BCUT2D eigenvalue weighted by Gasteiger charge is -2.32. The molecule has 10 heteroatoms. The Labute approximate surface area is 187 Å². The number of aromatic nitrogens is 2. The second kappa shape index (κ2) is 9.91. The lowest BCUT2D eigenvalue weighted by Crippen LogP contribution is -2.45. The Bertz CT molecular complexity index is 892. The van der Waals surface area contributed by atoms with Crippen LogP contribution in [0.2, 0.25) is 0 Å². The first-order valence-electron chi connectivity index (χ1n) is 10.7. The van der Waals surface area contributed by atoms with Gasteiger partial charge in [-0.2, -0.15) is 4.98 Å². The third-order valence-electron chi connectivity index (χ3n) is 4.91. The van der Waals surface area contributed by atoms with Crippen LogP contribution in [0.3, 0.4) is 0 Å². The van der Waals surface area contributed by atoms with Gasteiger partial charge in [0, 0.05) is 56.4 Å². The van der Waals surface area contributed by atoms with Gasteiger partial charge in [0.1, 0.15) is 11.6 Å². The lowest BCUT2D eigenvalue weighted by molar-refractivity contribution is -0.274. The van der Waals surface area contributed by atoms with Crippen LogP contribution in [0.5, 0.6) is 5.75 Å². The number of alkyl halides is 3. The summed E-state index contributed by atoms with van der Waals surface area (Å²) in [5.74, 6) is 0.723. The molecule has 0 bridgehead atoms. The summed E-state index contributed by atoms with van der Waals surface area (Å²) in [5, 5.41) is 6.57. The zero-order valence-electron chi connectivity index (χ0n) is 19.0. The first kappa shape index (κ1) is 24.1. The van der Waals surface area contributed by atoms with E-state index in [1.54, 1.807) is 12.1 Å². The van der Waals surface area contributed by atoms with Gasteiger partial charge in [0.05, 0.1) is 5.69 Å². The molecule has 3 rings (SSSR count). The molecule has 0 saturated carbocycles. The second-order valence-electron chi connectivity index (χ2n) is 8.98. The average Bonchev–Trinajstić information content (AvgIpc) is 2.67. The van der Waals surface area contributed by atoms with Crippen molar-refractivity contribution in [3.05, 3.63) is 30.3 Å².